The van der Waals surface area contributed by atoms with Gasteiger partial charge in [0, 0.05) is 19.7 Å². The van der Waals surface area contributed by atoms with E-state index in [0.29, 0.717) is 13.0 Å². The molecule has 3 nitrogen and oxygen atoms in total. The van der Waals surface area contributed by atoms with Crippen molar-refractivity contribution in [1.29, 1.82) is 0 Å². The van der Waals surface area contributed by atoms with Gasteiger partial charge in [-0.1, -0.05) is 0 Å². The molecule has 0 radical (unpaired) electrons. The Hall–Kier alpha value is -0.330. The molecule has 6 heteroatoms. The summed E-state index contributed by atoms with van der Waals surface area (Å²) in [6, 6.07) is 0. The Labute approximate surface area is 86.3 Å². The van der Waals surface area contributed by atoms with Crippen molar-refractivity contribution in [3.8, 4) is 0 Å². The normalized spacial score (nSPS) is 21.4. The Bertz CT molecular complexity index is 204. The third-order valence-electron chi connectivity index (χ3n) is 2.81. The third kappa shape index (κ3) is 3.96. The second-order valence-electron chi connectivity index (χ2n) is 4.16. The zero-order valence-corrected chi connectivity index (χ0v) is 8.35. The van der Waals surface area contributed by atoms with Crippen molar-refractivity contribution >= 4 is 0 Å². The van der Waals surface area contributed by atoms with Gasteiger partial charge in [0.15, 0.2) is 6.10 Å². The fourth-order valence-electron chi connectivity index (χ4n) is 1.52. The summed E-state index contributed by atoms with van der Waals surface area (Å²) in [4.78, 5) is 0. The van der Waals surface area contributed by atoms with Gasteiger partial charge >= 0.3 is 6.18 Å². The van der Waals surface area contributed by atoms with Gasteiger partial charge in [-0.3, -0.25) is 0 Å². The summed E-state index contributed by atoms with van der Waals surface area (Å²) in [7, 11) is 0. The molecule has 1 atom stereocenters. The molecule has 0 spiro atoms. The molecule has 1 rings (SSSR count). The topological polar surface area (TPSA) is 52.5 Å². The zero-order chi connectivity index (χ0) is 11.5. The van der Waals surface area contributed by atoms with E-state index >= 15 is 0 Å². The van der Waals surface area contributed by atoms with Gasteiger partial charge in [0.2, 0.25) is 0 Å². The molecule has 1 unspecified atom stereocenters. The second-order valence-corrected chi connectivity index (χ2v) is 4.16. The van der Waals surface area contributed by atoms with Gasteiger partial charge in [0.25, 0.3) is 0 Å². The van der Waals surface area contributed by atoms with Gasteiger partial charge in [0.1, 0.15) is 0 Å². The molecule has 1 fully saturated rings. The maximum absolute atomic E-state index is 11.9. The molecule has 15 heavy (non-hydrogen) atoms. The summed E-state index contributed by atoms with van der Waals surface area (Å²) in [5.74, 6) is 0. The van der Waals surface area contributed by atoms with Crippen molar-refractivity contribution in [1.82, 2.24) is 5.32 Å². The van der Waals surface area contributed by atoms with Crippen LogP contribution in [0.3, 0.4) is 0 Å². The molecule has 0 aromatic heterocycles. The summed E-state index contributed by atoms with van der Waals surface area (Å²) >= 11 is 0. The van der Waals surface area contributed by atoms with Crippen LogP contribution >= 0.6 is 0 Å². The number of nitrogens with one attached hydrogen (secondary N) is 1. The van der Waals surface area contributed by atoms with Gasteiger partial charge in [-0.15, -0.1) is 0 Å². The van der Waals surface area contributed by atoms with Crippen LogP contribution in [-0.2, 0) is 0 Å². The fraction of sp³-hybridized carbons (Fsp3) is 1.00. The Morgan fingerprint density at radius 1 is 1.33 bits per heavy atom. The SMILES string of the molecule is OCCC1(CNCC(O)C(F)(F)F)CC1. The lowest BCUT2D eigenvalue weighted by molar-refractivity contribution is -0.201. The van der Waals surface area contributed by atoms with Gasteiger partial charge < -0.3 is 15.5 Å². The Morgan fingerprint density at radius 3 is 2.33 bits per heavy atom. The molecule has 0 bridgehead atoms. The van der Waals surface area contributed by atoms with Crippen LogP contribution in [0.1, 0.15) is 19.3 Å². The maximum Gasteiger partial charge on any atom is 0.415 e. The monoisotopic (exact) mass is 227 g/mol. The van der Waals surface area contributed by atoms with Gasteiger partial charge in [-0.05, 0) is 24.7 Å². The minimum atomic E-state index is -4.55. The predicted octanol–water partition coefficient (Wildman–Crippen LogP) is 0.662. The van der Waals surface area contributed by atoms with Crippen molar-refractivity contribution in [3.05, 3.63) is 0 Å². The number of rotatable bonds is 6. The standard InChI is InChI=1S/C9H16F3NO2/c10-9(11,12)7(15)5-13-6-8(1-2-8)3-4-14/h7,13-15H,1-6H2. The average molecular weight is 227 g/mol. The summed E-state index contributed by atoms with van der Waals surface area (Å²) in [5.41, 5.74) is -0.0277. The second kappa shape index (κ2) is 4.67. The molecule has 0 amide bonds. The van der Waals surface area contributed by atoms with Crippen LogP contribution in [0.4, 0.5) is 13.2 Å². The molecule has 1 aliphatic carbocycles. The van der Waals surface area contributed by atoms with Gasteiger partial charge in [0.05, 0.1) is 0 Å². The number of hydrogen-bond acceptors (Lipinski definition) is 3. The smallest absolute Gasteiger partial charge is 0.396 e. The van der Waals surface area contributed by atoms with E-state index in [9.17, 15) is 13.2 Å². The first-order chi connectivity index (χ1) is 6.90. The van der Waals surface area contributed by atoms with Crippen LogP contribution in [0.5, 0.6) is 0 Å². The molecular weight excluding hydrogens is 211 g/mol. The maximum atomic E-state index is 11.9. The van der Waals surface area contributed by atoms with Crippen LogP contribution in [0, 0.1) is 5.41 Å². The molecule has 0 aromatic rings. The summed E-state index contributed by atoms with van der Waals surface area (Å²) in [6.45, 7) is 0.0148. The number of hydrogen-bond donors (Lipinski definition) is 3. The number of halogens is 3. The highest BCUT2D eigenvalue weighted by Gasteiger charge is 2.42. The van der Waals surface area contributed by atoms with E-state index < -0.39 is 18.8 Å². The minimum Gasteiger partial charge on any atom is -0.396 e. The van der Waals surface area contributed by atoms with E-state index in [1.807, 2.05) is 0 Å². The zero-order valence-electron chi connectivity index (χ0n) is 8.35. The largest absolute Gasteiger partial charge is 0.415 e. The van der Waals surface area contributed by atoms with Crippen molar-refractivity contribution in [2.75, 3.05) is 19.7 Å². The van der Waals surface area contributed by atoms with Crippen LogP contribution in [0.25, 0.3) is 0 Å². The lowest BCUT2D eigenvalue weighted by atomic mass is 10.0. The lowest BCUT2D eigenvalue weighted by Gasteiger charge is -2.18. The van der Waals surface area contributed by atoms with Crippen molar-refractivity contribution in [2.45, 2.75) is 31.5 Å². The Kier molecular flexibility index (Phi) is 3.97. The number of aliphatic hydroxyl groups is 2. The molecule has 3 N–H and O–H groups in total. The summed E-state index contributed by atoms with van der Waals surface area (Å²) in [5, 5.41) is 20.0. The predicted molar refractivity (Wildman–Crippen MR) is 48.3 cm³/mol. The number of aliphatic hydroxyl groups excluding tert-OH is 2. The minimum absolute atomic E-state index is 0.0277. The van der Waals surface area contributed by atoms with E-state index in [0.717, 1.165) is 12.8 Å². The van der Waals surface area contributed by atoms with Crippen LogP contribution < -0.4 is 5.32 Å². The molecular formula is C9H16F3NO2. The van der Waals surface area contributed by atoms with Crippen LogP contribution in [-0.4, -0.2) is 42.2 Å². The molecule has 1 saturated carbocycles. The first-order valence-corrected chi connectivity index (χ1v) is 4.96. The van der Waals surface area contributed by atoms with Gasteiger partial charge in [-0.25, -0.2) is 0 Å². The third-order valence-corrected chi connectivity index (χ3v) is 2.81. The van der Waals surface area contributed by atoms with Crippen molar-refractivity contribution in [3.63, 3.8) is 0 Å². The van der Waals surface area contributed by atoms with E-state index in [-0.39, 0.29) is 12.0 Å². The highest BCUT2D eigenvalue weighted by atomic mass is 19.4. The molecule has 0 heterocycles. The van der Waals surface area contributed by atoms with Crippen molar-refractivity contribution in [2.24, 2.45) is 5.41 Å². The molecule has 90 valence electrons. The first kappa shape index (κ1) is 12.7. The quantitative estimate of drug-likeness (QED) is 0.625. The molecule has 0 aromatic carbocycles. The summed E-state index contributed by atoms with van der Waals surface area (Å²) in [6.07, 6.45) is -4.38. The summed E-state index contributed by atoms with van der Waals surface area (Å²) < 4.78 is 35.7. The van der Waals surface area contributed by atoms with Crippen LogP contribution in [0.15, 0.2) is 0 Å². The molecule has 0 saturated heterocycles. The highest BCUT2D eigenvalue weighted by molar-refractivity contribution is 4.94. The van der Waals surface area contributed by atoms with Gasteiger partial charge in [-0.2, -0.15) is 13.2 Å². The van der Waals surface area contributed by atoms with E-state index in [1.54, 1.807) is 0 Å². The van der Waals surface area contributed by atoms with E-state index in [1.165, 1.54) is 0 Å². The lowest BCUT2D eigenvalue weighted by Crippen LogP contribution is -2.40. The molecule has 1 aliphatic rings. The van der Waals surface area contributed by atoms with E-state index in [4.69, 9.17) is 10.2 Å². The molecule has 0 aliphatic heterocycles. The Balaban J connectivity index is 2.16. The van der Waals surface area contributed by atoms with E-state index in [2.05, 4.69) is 5.32 Å². The Morgan fingerprint density at radius 2 is 1.93 bits per heavy atom. The highest BCUT2D eigenvalue weighted by Crippen LogP contribution is 2.47. The first-order valence-electron chi connectivity index (χ1n) is 4.96. The fourth-order valence-corrected chi connectivity index (χ4v) is 1.52. The van der Waals surface area contributed by atoms with Crippen LogP contribution in [0.2, 0.25) is 0 Å². The number of alkyl halides is 3. The van der Waals surface area contributed by atoms with Crippen molar-refractivity contribution < 1.29 is 23.4 Å². The average Bonchev–Trinajstić information content (AvgIpc) is 2.84.